The van der Waals surface area contributed by atoms with Gasteiger partial charge in [-0.2, -0.15) is 5.10 Å². The Hall–Kier alpha value is -1.61. The number of rotatable bonds is 2. The Kier molecular flexibility index (Phi) is 2.56. The Balaban J connectivity index is 2.54. The Morgan fingerprint density at radius 2 is 2.13 bits per heavy atom. The summed E-state index contributed by atoms with van der Waals surface area (Å²) in [5, 5.41) is 16.4. The Bertz CT molecular complexity index is 474. The fourth-order valence-electron chi connectivity index (χ4n) is 1.68. The predicted octanol–water partition coefficient (Wildman–Crippen LogP) is 2.19. The van der Waals surface area contributed by atoms with Crippen molar-refractivity contribution < 1.29 is 5.11 Å². The molecule has 2 rings (SSSR count). The number of aromatic amines is 1. The van der Waals surface area contributed by atoms with Crippen LogP contribution in [0.5, 0.6) is 0 Å². The van der Waals surface area contributed by atoms with Crippen molar-refractivity contribution in [2.24, 2.45) is 0 Å². The molecule has 0 saturated heterocycles. The fourth-order valence-corrected chi connectivity index (χ4v) is 1.68. The fraction of sp³-hybridized carbons (Fsp3) is 0.250. The van der Waals surface area contributed by atoms with E-state index in [0.717, 1.165) is 22.5 Å². The summed E-state index contributed by atoms with van der Waals surface area (Å²) in [7, 11) is 0. The summed E-state index contributed by atoms with van der Waals surface area (Å²) in [5.74, 6) is 0. The molecule has 0 radical (unpaired) electrons. The van der Waals surface area contributed by atoms with Gasteiger partial charge in [0, 0.05) is 16.8 Å². The number of nitrogens with zero attached hydrogens (tertiary/aromatic N) is 1. The van der Waals surface area contributed by atoms with Gasteiger partial charge in [0.05, 0.1) is 12.3 Å². The first kappa shape index (κ1) is 9.93. The zero-order valence-corrected chi connectivity index (χ0v) is 8.91. The molecule has 0 aliphatic heterocycles. The summed E-state index contributed by atoms with van der Waals surface area (Å²) in [4.78, 5) is 0. The van der Waals surface area contributed by atoms with Gasteiger partial charge in [0.2, 0.25) is 0 Å². The molecule has 1 aromatic carbocycles. The third-order valence-corrected chi connectivity index (χ3v) is 2.52. The molecule has 3 heteroatoms. The standard InChI is InChI=1S/C12H14N2O/c1-8-4-3-5-10(6-8)12-11(7-15)9(2)13-14-12/h3-6,15H,7H2,1-2H3,(H,13,14). The summed E-state index contributed by atoms with van der Waals surface area (Å²) in [6.45, 7) is 3.98. The summed E-state index contributed by atoms with van der Waals surface area (Å²) in [6.07, 6.45) is 0. The lowest BCUT2D eigenvalue weighted by Crippen LogP contribution is -1.88. The van der Waals surface area contributed by atoms with Gasteiger partial charge in [0.1, 0.15) is 0 Å². The van der Waals surface area contributed by atoms with E-state index in [9.17, 15) is 5.11 Å². The smallest absolute Gasteiger partial charge is 0.0978 e. The van der Waals surface area contributed by atoms with Gasteiger partial charge in [-0.1, -0.05) is 23.8 Å². The van der Waals surface area contributed by atoms with Crippen molar-refractivity contribution in [2.75, 3.05) is 0 Å². The van der Waals surface area contributed by atoms with E-state index in [4.69, 9.17) is 0 Å². The highest BCUT2D eigenvalue weighted by molar-refractivity contribution is 5.64. The summed E-state index contributed by atoms with van der Waals surface area (Å²) >= 11 is 0. The highest BCUT2D eigenvalue weighted by Gasteiger charge is 2.10. The van der Waals surface area contributed by atoms with E-state index in [0.29, 0.717) is 0 Å². The van der Waals surface area contributed by atoms with Crippen molar-refractivity contribution in [3.63, 3.8) is 0 Å². The maximum atomic E-state index is 9.26. The molecule has 0 atom stereocenters. The van der Waals surface area contributed by atoms with Crippen LogP contribution in [0.15, 0.2) is 24.3 Å². The van der Waals surface area contributed by atoms with Crippen LogP contribution in [0, 0.1) is 13.8 Å². The van der Waals surface area contributed by atoms with Crippen LogP contribution >= 0.6 is 0 Å². The average molecular weight is 202 g/mol. The molecule has 0 aliphatic carbocycles. The van der Waals surface area contributed by atoms with Crippen LogP contribution in [0.3, 0.4) is 0 Å². The maximum Gasteiger partial charge on any atom is 0.0978 e. The minimum Gasteiger partial charge on any atom is -0.392 e. The van der Waals surface area contributed by atoms with Crippen molar-refractivity contribution in [1.82, 2.24) is 10.2 Å². The zero-order chi connectivity index (χ0) is 10.8. The molecule has 0 spiro atoms. The number of aliphatic hydroxyl groups excluding tert-OH is 1. The predicted molar refractivity (Wildman–Crippen MR) is 59.4 cm³/mol. The first-order valence-electron chi connectivity index (χ1n) is 4.94. The molecule has 78 valence electrons. The van der Waals surface area contributed by atoms with Crippen LogP contribution in [-0.4, -0.2) is 15.3 Å². The quantitative estimate of drug-likeness (QED) is 0.784. The third-order valence-electron chi connectivity index (χ3n) is 2.52. The van der Waals surface area contributed by atoms with Gasteiger partial charge < -0.3 is 5.11 Å². The number of H-pyrrole nitrogens is 1. The van der Waals surface area contributed by atoms with Crippen LogP contribution in [0.1, 0.15) is 16.8 Å². The van der Waals surface area contributed by atoms with Gasteiger partial charge in [-0.05, 0) is 19.9 Å². The molecular formula is C12H14N2O. The number of benzene rings is 1. The largest absolute Gasteiger partial charge is 0.392 e. The molecule has 3 nitrogen and oxygen atoms in total. The van der Waals surface area contributed by atoms with Gasteiger partial charge in [-0.15, -0.1) is 0 Å². The number of aromatic nitrogens is 2. The summed E-state index contributed by atoms with van der Waals surface area (Å²) < 4.78 is 0. The molecule has 0 unspecified atom stereocenters. The lowest BCUT2D eigenvalue weighted by Gasteiger charge is -2.01. The van der Waals surface area contributed by atoms with Crippen LogP contribution in [0.4, 0.5) is 0 Å². The van der Waals surface area contributed by atoms with Crippen molar-refractivity contribution in [2.45, 2.75) is 20.5 Å². The highest BCUT2D eigenvalue weighted by atomic mass is 16.3. The Labute approximate surface area is 88.8 Å². The number of aliphatic hydroxyl groups is 1. The monoisotopic (exact) mass is 202 g/mol. The summed E-state index contributed by atoms with van der Waals surface area (Å²) in [5.41, 5.74) is 4.88. The van der Waals surface area contributed by atoms with E-state index in [1.165, 1.54) is 5.56 Å². The lowest BCUT2D eigenvalue weighted by molar-refractivity contribution is 0.281. The molecule has 2 N–H and O–H groups in total. The molecule has 0 fully saturated rings. The third kappa shape index (κ3) is 1.78. The van der Waals surface area contributed by atoms with Crippen molar-refractivity contribution in [3.8, 4) is 11.3 Å². The number of hydrogen-bond acceptors (Lipinski definition) is 2. The summed E-state index contributed by atoms with van der Waals surface area (Å²) in [6, 6.07) is 8.11. The molecule has 1 heterocycles. The zero-order valence-electron chi connectivity index (χ0n) is 8.91. The molecule has 15 heavy (non-hydrogen) atoms. The Morgan fingerprint density at radius 1 is 1.33 bits per heavy atom. The highest BCUT2D eigenvalue weighted by Crippen LogP contribution is 2.24. The van der Waals surface area contributed by atoms with Gasteiger partial charge >= 0.3 is 0 Å². The minimum atomic E-state index is 0.0195. The van der Waals surface area contributed by atoms with Gasteiger partial charge in [-0.25, -0.2) is 0 Å². The van der Waals surface area contributed by atoms with E-state index in [2.05, 4.69) is 16.3 Å². The molecular weight excluding hydrogens is 188 g/mol. The van der Waals surface area contributed by atoms with Crippen LogP contribution in [0.2, 0.25) is 0 Å². The number of nitrogens with one attached hydrogen (secondary N) is 1. The molecule has 0 aliphatic rings. The van der Waals surface area contributed by atoms with Crippen molar-refractivity contribution in [1.29, 1.82) is 0 Å². The first-order chi connectivity index (χ1) is 7.22. The van der Waals surface area contributed by atoms with Crippen molar-refractivity contribution >= 4 is 0 Å². The first-order valence-corrected chi connectivity index (χ1v) is 4.94. The second kappa shape index (κ2) is 3.87. The van der Waals surface area contributed by atoms with E-state index in [1.54, 1.807) is 0 Å². The molecule has 1 aromatic heterocycles. The van der Waals surface area contributed by atoms with E-state index in [-0.39, 0.29) is 6.61 Å². The van der Waals surface area contributed by atoms with E-state index < -0.39 is 0 Å². The van der Waals surface area contributed by atoms with Gasteiger partial charge in [-0.3, -0.25) is 5.10 Å². The van der Waals surface area contributed by atoms with E-state index >= 15 is 0 Å². The normalized spacial score (nSPS) is 10.6. The van der Waals surface area contributed by atoms with Crippen molar-refractivity contribution in [3.05, 3.63) is 41.1 Å². The second-order valence-electron chi connectivity index (χ2n) is 3.70. The molecule has 0 amide bonds. The van der Waals surface area contributed by atoms with Gasteiger partial charge in [0.15, 0.2) is 0 Å². The number of aryl methyl sites for hydroxylation is 2. The SMILES string of the molecule is Cc1cccc(-c2n[nH]c(C)c2CO)c1. The topological polar surface area (TPSA) is 48.9 Å². The number of hydrogen-bond donors (Lipinski definition) is 2. The molecule has 0 bridgehead atoms. The maximum absolute atomic E-state index is 9.26. The molecule has 0 saturated carbocycles. The average Bonchev–Trinajstić information content (AvgIpc) is 2.59. The van der Waals surface area contributed by atoms with Crippen LogP contribution < -0.4 is 0 Å². The lowest BCUT2D eigenvalue weighted by atomic mass is 10.0. The van der Waals surface area contributed by atoms with Crippen LogP contribution in [0.25, 0.3) is 11.3 Å². The van der Waals surface area contributed by atoms with Crippen LogP contribution in [-0.2, 0) is 6.61 Å². The minimum absolute atomic E-state index is 0.0195. The van der Waals surface area contributed by atoms with E-state index in [1.807, 2.05) is 32.0 Å². The Morgan fingerprint density at radius 3 is 2.80 bits per heavy atom. The van der Waals surface area contributed by atoms with Gasteiger partial charge in [0.25, 0.3) is 0 Å². The second-order valence-corrected chi connectivity index (χ2v) is 3.70. The molecule has 2 aromatic rings.